The number of hydrogen-bond acceptors (Lipinski definition) is 7. The van der Waals surface area contributed by atoms with Gasteiger partial charge in [-0.15, -0.1) is 0 Å². The van der Waals surface area contributed by atoms with Crippen LogP contribution in [0.3, 0.4) is 0 Å². The summed E-state index contributed by atoms with van der Waals surface area (Å²) in [6, 6.07) is 15.0. The van der Waals surface area contributed by atoms with Crippen LogP contribution in [0.1, 0.15) is 65.5 Å². The average Bonchev–Trinajstić information content (AvgIpc) is 2.83. The van der Waals surface area contributed by atoms with Gasteiger partial charge in [-0.05, 0) is 71.7 Å². The Morgan fingerprint density at radius 3 is 1.95 bits per heavy atom. The van der Waals surface area contributed by atoms with E-state index in [1.54, 1.807) is 20.8 Å². The molecule has 0 saturated carbocycles. The second-order valence-electron chi connectivity index (χ2n) is 9.46. The number of carbonyl (C=O) groups excluding carboxylic acids is 2. The third kappa shape index (κ3) is 6.94. The van der Waals surface area contributed by atoms with Gasteiger partial charge >= 0.3 is 11.9 Å². The lowest BCUT2D eigenvalue weighted by molar-refractivity contribution is -0.140. The van der Waals surface area contributed by atoms with Crippen LogP contribution in [0.25, 0.3) is 0 Å². The highest BCUT2D eigenvalue weighted by molar-refractivity contribution is 6.00. The quantitative estimate of drug-likeness (QED) is 0.407. The molecule has 0 aromatic heterocycles. The smallest absolute Gasteiger partial charge is 0.337 e. The van der Waals surface area contributed by atoms with Crippen LogP contribution >= 0.6 is 0 Å². The Bertz CT molecular complexity index is 1180. The standard InChI is InChI=1S/C30H37NO6/c1-8-34-29(32)26-20(6)31-21(7)27(30(33)35-17-22-12-10-9-11-13-22)28(26)23-14-15-24(36-18(2)3)25(16-23)37-19(4)5/h9-16,18-19,28,31H,8,17H2,1-7H3/t28-/m0/s1. The van der Waals surface area contributed by atoms with Crippen molar-refractivity contribution in [3.63, 3.8) is 0 Å². The lowest BCUT2D eigenvalue weighted by atomic mass is 9.80. The van der Waals surface area contributed by atoms with Gasteiger partial charge in [-0.3, -0.25) is 0 Å². The van der Waals surface area contributed by atoms with Gasteiger partial charge in [-0.1, -0.05) is 36.4 Å². The normalized spacial score (nSPS) is 15.5. The van der Waals surface area contributed by atoms with E-state index in [0.717, 1.165) is 5.56 Å². The van der Waals surface area contributed by atoms with Crippen molar-refractivity contribution in [1.82, 2.24) is 5.32 Å². The van der Waals surface area contributed by atoms with Gasteiger partial charge in [0.15, 0.2) is 11.5 Å². The maximum Gasteiger partial charge on any atom is 0.337 e. The number of allylic oxidation sites excluding steroid dienone is 2. The molecule has 198 valence electrons. The highest BCUT2D eigenvalue weighted by Crippen LogP contribution is 2.42. The molecular formula is C30H37NO6. The van der Waals surface area contributed by atoms with Crippen molar-refractivity contribution in [3.05, 3.63) is 82.2 Å². The van der Waals surface area contributed by atoms with Gasteiger partial charge in [0, 0.05) is 11.4 Å². The van der Waals surface area contributed by atoms with Gasteiger partial charge < -0.3 is 24.3 Å². The van der Waals surface area contributed by atoms with Gasteiger partial charge in [0.05, 0.1) is 35.9 Å². The lowest BCUT2D eigenvalue weighted by Crippen LogP contribution is -2.32. The van der Waals surface area contributed by atoms with Crippen molar-refractivity contribution in [2.45, 2.75) is 73.2 Å². The summed E-state index contributed by atoms with van der Waals surface area (Å²) in [5.41, 5.74) is 3.50. The van der Waals surface area contributed by atoms with Crippen molar-refractivity contribution in [2.24, 2.45) is 0 Å². The van der Waals surface area contributed by atoms with E-state index in [4.69, 9.17) is 18.9 Å². The number of esters is 2. The van der Waals surface area contributed by atoms with Crippen molar-refractivity contribution < 1.29 is 28.5 Å². The Kier molecular flexibility index (Phi) is 9.39. The fraction of sp³-hybridized carbons (Fsp3) is 0.400. The number of hydrogen-bond donors (Lipinski definition) is 1. The highest BCUT2D eigenvalue weighted by Gasteiger charge is 2.38. The van der Waals surface area contributed by atoms with Crippen LogP contribution in [0.15, 0.2) is 71.1 Å². The number of carbonyl (C=O) groups is 2. The maximum absolute atomic E-state index is 13.5. The monoisotopic (exact) mass is 507 g/mol. The van der Waals surface area contributed by atoms with E-state index < -0.39 is 17.9 Å². The Labute approximate surface area is 219 Å². The summed E-state index contributed by atoms with van der Waals surface area (Å²) in [5.74, 6) is -0.593. The van der Waals surface area contributed by atoms with E-state index >= 15 is 0 Å². The number of dihydropyridines is 1. The predicted molar refractivity (Wildman–Crippen MR) is 142 cm³/mol. The molecule has 0 unspecified atom stereocenters. The van der Waals surface area contributed by atoms with Gasteiger partial charge in [-0.2, -0.15) is 0 Å². The average molecular weight is 508 g/mol. The van der Waals surface area contributed by atoms with Crippen molar-refractivity contribution in [2.75, 3.05) is 6.61 Å². The summed E-state index contributed by atoms with van der Waals surface area (Å²) in [7, 11) is 0. The van der Waals surface area contributed by atoms with Gasteiger partial charge in [0.1, 0.15) is 6.61 Å². The SMILES string of the molecule is CCOC(=O)C1=C(C)NC(C)=C(C(=O)OCc2ccccc2)[C@H]1c1ccc(OC(C)C)c(OC(C)C)c1. The molecular weight excluding hydrogens is 470 g/mol. The molecule has 1 aliphatic rings. The summed E-state index contributed by atoms with van der Waals surface area (Å²) in [6.07, 6.45) is -0.158. The topological polar surface area (TPSA) is 83.1 Å². The lowest BCUT2D eigenvalue weighted by Gasteiger charge is -2.31. The summed E-state index contributed by atoms with van der Waals surface area (Å²) < 4.78 is 23.1. The molecule has 0 fully saturated rings. The summed E-state index contributed by atoms with van der Waals surface area (Å²) in [5, 5.41) is 3.18. The Balaban J connectivity index is 2.10. The van der Waals surface area contributed by atoms with E-state index in [0.29, 0.717) is 39.6 Å². The van der Waals surface area contributed by atoms with Crippen LogP contribution in [0.4, 0.5) is 0 Å². The van der Waals surface area contributed by atoms with Gasteiger partial charge in [-0.25, -0.2) is 9.59 Å². The summed E-state index contributed by atoms with van der Waals surface area (Å²) in [4.78, 5) is 26.7. The Hall–Kier alpha value is -3.74. The molecule has 0 bridgehead atoms. The molecule has 1 aliphatic heterocycles. The molecule has 7 heteroatoms. The zero-order chi connectivity index (χ0) is 27.1. The number of benzene rings is 2. The first-order chi connectivity index (χ1) is 17.6. The predicted octanol–water partition coefficient (Wildman–Crippen LogP) is 5.80. The molecule has 0 amide bonds. The van der Waals surface area contributed by atoms with Crippen molar-refractivity contribution >= 4 is 11.9 Å². The number of rotatable bonds is 10. The van der Waals surface area contributed by atoms with Gasteiger partial charge in [0.25, 0.3) is 0 Å². The van der Waals surface area contributed by atoms with Crippen LogP contribution in [0.2, 0.25) is 0 Å². The largest absolute Gasteiger partial charge is 0.487 e. The molecule has 37 heavy (non-hydrogen) atoms. The van der Waals surface area contributed by atoms with Crippen LogP contribution in [-0.2, 0) is 25.7 Å². The highest BCUT2D eigenvalue weighted by atomic mass is 16.5. The molecule has 0 radical (unpaired) electrons. The first kappa shape index (κ1) is 27.8. The molecule has 0 aliphatic carbocycles. The minimum atomic E-state index is -0.716. The molecule has 7 nitrogen and oxygen atoms in total. The summed E-state index contributed by atoms with van der Waals surface area (Å²) in [6.45, 7) is 13.4. The van der Waals surface area contributed by atoms with Crippen molar-refractivity contribution in [3.8, 4) is 11.5 Å². The molecule has 1 heterocycles. The molecule has 0 spiro atoms. The van der Waals surface area contributed by atoms with E-state index in [9.17, 15) is 9.59 Å². The Morgan fingerprint density at radius 1 is 0.811 bits per heavy atom. The van der Waals surface area contributed by atoms with Crippen LogP contribution in [0, 0.1) is 0 Å². The van der Waals surface area contributed by atoms with Crippen LogP contribution in [0.5, 0.6) is 11.5 Å². The molecule has 3 rings (SSSR count). The van der Waals surface area contributed by atoms with Crippen LogP contribution in [-0.4, -0.2) is 30.8 Å². The zero-order valence-electron chi connectivity index (χ0n) is 22.7. The zero-order valence-corrected chi connectivity index (χ0v) is 22.7. The third-order valence-corrected chi connectivity index (χ3v) is 5.71. The third-order valence-electron chi connectivity index (χ3n) is 5.71. The molecule has 2 aromatic carbocycles. The van der Waals surface area contributed by atoms with Crippen molar-refractivity contribution in [1.29, 1.82) is 0 Å². The van der Waals surface area contributed by atoms with E-state index in [-0.39, 0.29) is 25.4 Å². The van der Waals surface area contributed by atoms with Gasteiger partial charge in [0.2, 0.25) is 0 Å². The molecule has 1 atom stereocenters. The first-order valence-electron chi connectivity index (χ1n) is 12.7. The maximum atomic E-state index is 13.5. The minimum absolute atomic E-state index is 0.0536. The molecule has 2 aromatic rings. The van der Waals surface area contributed by atoms with Crippen LogP contribution < -0.4 is 14.8 Å². The second-order valence-corrected chi connectivity index (χ2v) is 9.46. The molecule has 1 N–H and O–H groups in total. The minimum Gasteiger partial charge on any atom is -0.487 e. The summed E-state index contributed by atoms with van der Waals surface area (Å²) >= 11 is 0. The van der Waals surface area contributed by atoms with E-state index in [2.05, 4.69) is 5.32 Å². The first-order valence-corrected chi connectivity index (χ1v) is 12.7. The number of ether oxygens (including phenoxy) is 4. The van der Waals surface area contributed by atoms with E-state index in [1.165, 1.54) is 0 Å². The fourth-order valence-electron chi connectivity index (χ4n) is 4.28. The fourth-order valence-corrected chi connectivity index (χ4v) is 4.28. The van der Waals surface area contributed by atoms with E-state index in [1.807, 2.05) is 76.2 Å². The number of nitrogens with one attached hydrogen (secondary N) is 1. The Morgan fingerprint density at radius 2 is 1.38 bits per heavy atom. The molecule has 0 saturated heterocycles. The second kappa shape index (κ2) is 12.5.